The molecular formula is C41H31F6N3O2. The standard InChI is InChI=1S/C21H16F3NO.C20H15F3N2O/c1-14-5-4-6-17(13-14)25-20(26)19-8-3-2-7-18(19)15-9-11-16(12-10-15)21(22,23)24;21-20(22,23)14-10-8-13(9-11-14)17-6-1-2-7-18(17)19(26)25-16-5-3-4-15(24)12-16/h2-13H,1H3,(H,25,26);1-12H,24H2,(H,25,26). The van der Waals surface area contributed by atoms with Crippen LogP contribution < -0.4 is 16.4 Å². The summed E-state index contributed by atoms with van der Waals surface area (Å²) in [5, 5.41) is 5.57. The number of benzene rings is 6. The predicted molar refractivity (Wildman–Crippen MR) is 192 cm³/mol. The lowest BCUT2D eigenvalue weighted by Gasteiger charge is -2.12. The summed E-state index contributed by atoms with van der Waals surface area (Å²) in [6.07, 6.45) is -8.79. The van der Waals surface area contributed by atoms with E-state index < -0.39 is 23.5 Å². The van der Waals surface area contributed by atoms with Gasteiger partial charge in [-0.1, -0.05) is 78.9 Å². The quantitative estimate of drug-likeness (QED) is 0.119. The lowest BCUT2D eigenvalue weighted by molar-refractivity contribution is -0.138. The van der Waals surface area contributed by atoms with E-state index in [0.717, 1.165) is 29.8 Å². The maximum absolute atomic E-state index is 12.7. The third-order valence-electron chi connectivity index (χ3n) is 7.81. The van der Waals surface area contributed by atoms with Crippen molar-refractivity contribution in [2.75, 3.05) is 16.4 Å². The van der Waals surface area contributed by atoms with Crippen LogP contribution in [0.1, 0.15) is 37.4 Å². The summed E-state index contributed by atoms with van der Waals surface area (Å²) in [5.41, 5.74) is 9.92. The van der Waals surface area contributed by atoms with Crippen LogP contribution in [-0.2, 0) is 12.4 Å². The molecule has 11 heteroatoms. The van der Waals surface area contributed by atoms with E-state index in [9.17, 15) is 35.9 Å². The second-order valence-corrected chi connectivity index (χ2v) is 11.6. The van der Waals surface area contributed by atoms with Gasteiger partial charge in [0.2, 0.25) is 0 Å². The molecule has 0 bridgehead atoms. The summed E-state index contributed by atoms with van der Waals surface area (Å²) in [6, 6.07) is 37.2. The fourth-order valence-corrected chi connectivity index (χ4v) is 5.28. The van der Waals surface area contributed by atoms with Crippen LogP contribution >= 0.6 is 0 Å². The van der Waals surface area contributed by atoms with E-state index in [0.29, 0.717) is 50.4 Å². The van der Waals surface area contributed by atoms with Crippen LogP contribution in [0.25, 0.3) is 22.3 Å². The van der Waals surface area contributed by atoms with Gasteiger partial charge in [-0.15, -0.1) is 0 Å². The molecule has 6 aromatic carbocycles. The Bertz CT molecular complexity index is 2020. The van der Waals surface area contributed by atoms with Crippen LogP contribution in [0.3, 0.4) is 0 Å². The number of nitrogens with one attached hydrogen (secondary N) is 2. The van der Waals surface area contributed by atoms with Gasteiger partial charge in [-0.25, -0.2) is 0 Å². The number of hydrogen-bond donors (Lipinski definition) is 3. The number of nitrogen functional groups attached to an aromatic ring is 1. The Morgan fingerprint density at radius 1 is 0.500 bits per heavy atom. The third kappa shape index (κ3) is 9.45. The van der Waals surface area contributed by atoms with Crippen molar-refractivity contribution < 1.29 is 35.9 Å². The van der Waals surface area contributed by atoms with E-state index in [2.05, 4.69) is 10.6 Å². The largest absolute Gasteiger partial charge is 0.416 e. The number of carbonyl (C=O) groups excluding carboxylic acids is 2. The van der Waals surface area contributed by atoms with Crippen LogP contribution in [0.4, 0.5) is 43.4 Å². The molecule has 0 aromatic heterocycles. The Hall–Kier alpha value is -6.36. The lowest BCUT2D eigenvalue weighted by atomic mass is 9.98. The molecule has 2 amide bonds. The van der Waals surface area contributed by atoms with E-state index >= 15 is 0 Å². The van der Waals surface area contributed by atoms with E-state index in [1.165, 1.54) is 24.3 Å². The lowest BCUT2D eigenvalue weighted by Crippen LogP contribution is -2.13. The van der Waals surface area contributed by atoms with Gasteiger partial charge in [-0.3, -0.25) is 9.59 Å². The van der Waals surface area contributed by atoms with Crippen molar-refractivity contribution in [1.29, 1.82) is 0 Å². The van der Waals surface area contributed by atoms with Crippen LogP contribution in [0.5, 0.6) is 0 Å². The van der Waals surface area contributed by atoms with Crippen LogP contribution in [0.2, 0.25) is 0 Å². The molecule has 4 N–H and O–H groups in total. The highest BCUT2D eigenvalue weighted by molar-refractivity contribution is 6.09. The fourth-order valence-electron chi connectivity index (χ4n) is 5.28. The van der Waals surface area contributed by atoms with E-state index in [1.54, 1.807) is 78.9 Å². The molecule has 0 aliphatic rings. The summed E-state index contributed by atoms with van der Waals surface area (Å²) in [6.45, 7) is 1.92. The molecule has 0 heterocycles. The molecule has 6 aromatic rings. The number of alkyl halides is 6. The number of halogens is 6. The molecule has 6 rings (SSSR count). The van der Waals surface area contributed by atoms with E-state index in [1.807, 2.05) is 25.1 Å². The van der Waals surface area contributed by atoms with Crippen LogP contribution in [-0.4, -0.2) is 11.8 Å². The van der Waals surface area contributed by atoms with Gasteiger partial charge >= 0.3 is 12.4 Å². The highest BCUT2D eigenvalue weighted by Gasteiger charge is 2.31. The van der Waals surface area contributed by atoms with Crippen molar-refractivity contribution >= 4 is 28.9 Å². The van der Waals surface area contributed by atoms with Crippen molar-refractivity contribution in [3.05, 3.63) is 173 Å². The summed E-state index contributed by atoms with van der Waals surface area (Å²) < 4.78 is 76.4. The van der Waals surface area contributed by atoms with Gasteiger partial charge < -0.3 is 16.4 Å². The number of rotatable bonds is 6. The van der Waals surface area contributed by atoms with Gasteiger partial charge in [0.1, 0.15) is 0 Å². The zero-order chi connectivity index (χ0) is 37.5. The van der Waals surface area contributed by atoms with Gasteiger partial charge in [-0.2, -0.15) is 26.3 Å². The summed E-state index contributed by atoms with van der Waals surface area (Å²) in [5.74, 6) is -0.683. The SMILES string of the molecule is Cc1cccc(NC(=O)c2ccccc2-c2ccc(C(F)(F)F)cc2)c1.Nc1cccc(NC(=O)c2ccccc2-c2ccc(C(F)(F)F)cc2)c1. The number of nitrogens with two attached hydrogens (primary N) is 1. The molecular weight excluding hydrogens is 680 g/mol. The Labute approximate surface area is 295 Å². The average molecular weight is 712 g/mol. The highest BCUT2D eigenvalue weighted by Crippen LogP contribution is 2.33. The monoisotopic (exact) mass is 711 g/mol. The van der Waals surface area contributed by atoms with Gasteiger partial charge in [0, 0.05) is 28.2 Å². The minimum atomic E-state index is -4.40. The van der Waals surface area contributed by atoms with Crippen molar-refractivity contribution in [2.45, 2.75) is 19.3 Å². The summed E-state index contributed by atoms with van der Waals surface area (Å²) in [7, 11) is 0. The minimum absolute atomic E-state index is 0.314. The molecule has 0 spiro atoms. The molecule has 0 saturated heterocycles. The van der Waals surface area contributed by atoms with Crippen LogP contribution in [0.15, 0.2) is 146 Å². The average Bonchev–Trinajstić information content (AvgIpc) is 3.11. The highest BCUT2D eigenvalue weighted by atomic mass is 19.4. The maximum Gasteiger partial charge on any atom is 0.416 e. The molecule has 5 nitrogen and oxygen atoms in total. The van der Waals surface area contributed by atoms with Crippen molar-refractivity contribution in [3.8, 4) is 22.3 Å². The molecule has 52 heavy (non-hydrogen) atoms. The first-order valence-corrected chi connectivity index (χ1v) is 15.8. The topological polar surface area (TPSA) is 84.2 Å². The molecule has 0 radical (unpaired) electrons. The molecule has 0 aliphatic heterocycles. The second kappa shape index (κ2) is 15.7. The Balaban J connectivity index is 0.000000201. The fraction of sp³-hybridized carbons (Fsp3) is 0.0732. The predicted octanol–water partition coefficient (Wildman–Crippen LogP) is 11.1. The Morgan fingerprint density at radius 2 is 0.904 bits per heavy atom. The number of anilines is 3. The Kier molecular flexibility index (Phi) is 11.1. The van der Waals surface area contributed by atoms with Gasteiger partial charge in [0.15, 0.2) is 0 Å². The van der Waals surface area contributed by atoms with Crippen molar-refractivity contribution in [2.24, 2.45) is 0 Å². The molecule has 264 valence electrons. The summed E-state index contributed by atoms with van der Waals surface area (Å²) >= 11 is 0. The third-order valence-corrected chi connectivity index (χ3v) is 7.81. The zero-order valence-corrected chi connectivity index (χ0v) is 27.5. The summed E-state index contributed by atoms with van der Waals surface area (Å²) in [4.78, 5) is 25.3. The minimum Gasteiger partial charge on any atom is -0.399 e. The number of aryl methyl sites for hydroxylation is 1. The molecule has 0 atom stereocenters. The molecule has 0 saturated carbocycles. The maximum atomic E-state index is 12.7. The van der Waals surface area contributed by atoms with Crippen LogP contribution in [0, 0.1) is 6.92 Å². The Morgan fingerprint density at radius 3 is 1.31 bits per heavy atom. The molecule has 0 aliphatic carbocycles. The second-order valence-electron chi connectivity index (χ2n) is 11.6. The van der Waals surface area contributed by atoms with Gasteiger partial charge in [0.25, 0.3) is 11.8 Å². The smallest absolute Gasteiger partial charge is 0.399 e. The first-order valence-electron chi connectivity index (χ1n) is 15.8. The zero-order valence-electron chi connectivity index (χ0n) is 27.5. The van der Waals surface area contributed by atoms with Gasteiger partial charge in [0.05, 0.1) is 11.1 Å². The van der Waals surface area contributed by atoms with Gasteiger partial charge in [-0.05, 0) is 101 Å². The van der Waals surface area contributed by atoms with E-state index in [4.69, 9.17) is 5.73 Å². The first kappa shape index (κ1) is 36.9. The normalized spacial score (nSPS) is 11.2. The number of amides is 2. The number of carbonyl (C=O) groups is 2. The molecule has 0 fully saturated rings. The van der Waals surface area contributed by atoms with Crippen molar-refractivity contribution in [3.63, 3.8) is 0 Å². The van der Waals surface area contributed by atoms with E-state index in [-0.39, 0.29) is 11.8 Å². The molecule has 0 unspecified atom stereocenters. The van der Waals surface area contributed by atoms with Crippen molar-refractivity contribution in [1.82, 2.24) is 0 Å². The number of hydrogen-bond acceptors (Lipinski definition) is 3. The first-order chi connectivity index (χ1) is 24.7.